The zero-order valence-electron chi connectivity index (χ0n) is 18.9. The zero-order valence-corrected chi connectivity index (χ0v) is 18.9. The van der Waals surface area contributed by atoms with Crippen molar-refractivity contribution in [1.29, 1.82) is 0 Å². The van der Waals surface area contributed by atoms with Crippen LogP contribution < -0.4 is 10.1 Å². The second-order valence-electron chi connectivity index (χ2n) is 7.33. The van der Waals surface area contributed by atoms with Crippen LogP contribution in [-0.4, -0.2) is 46.7 Å². The summed E-state index contributed by atoms with van der Waals surface area (Å²) in [5.41, 5.74) is 0.112. The van der Waals surface area contributed by atoms with E-state index in [9.17, 15) is 18.0 Å². The van der Waals surface area contributed by atoms with Gasteiger partial charge in [0, 0.05) is 43.0 Å². The van der Waals surface area contributed by atoms with Crippen LogP contribution >= 0.6 is 0 Å². The molecule has 10 heteroatoms. The number of amides is 1. The third kappa shape index (κ3) is 6.09. The number of hydrogen-bond donors (Lipinski definition) is 1. The van der Waals surface area contributed by atoms with Crippen molar-refractivity contribution in [1.82, 2.24) is 20.1 Å². The van der Waals surface area contributed by atoms with Gasteiger partial charge in [0.05, 0.1) is 12.8 Å². The Morgan fingerprint density at radius 1 is 1.26 bits per heavy atom. The largest absolute Gasteiger partial charge is 0.497 e. The van der Waals surface area contributed by atoms with Crippen molar-refractivity contribution in [3.8, 4) is 17.0 Å². The number of aromatic nitrogens is 3. The van der Waals surface area contributed by atoms with Gasteiger partial charge in [-0.1, -0.05) is 18.2 Å². The molecular formula is C24H24F3N5O2. The van der Waals surface area contributed by atoms with E-state index in [0.717, 1.165) is 10.7 Å². The monoisotopic (exact) mass is 471 g/mol. The second-order valence-corrected chi connectivity index (χ2v) is 7.33. The fraction of sp³-hybridized carbons (Fsp3) is 0.250. The molecular weight excluding hydrogens is 447 g/mol. The number of pyridine rings is 1. The molecule has 1 aromatic carbocycles. The summed E-state index contributed by atoms with van der Waals surface area (Å²) in [6.45, 7) is 1.76. The fourth-order valence-electron chi connectivity index (χ4n) is 3.19. The number of carbonyl (C=O) groups excluding carboxylic acids is 1. The Morgan fingerprint density at radius 3 is 2.71 bits per heavy atom. The summed E-state index contributed by atoms with van der Waals surface area (Å²) in [6.07, 6.45) is 1.76. The average Bonchev–Trinajstić information content (AvgIpc) is 3.28. The van der Waals surface area contributed by atoms with E-state index in [-0.39, 0.29) is 29.9 Å². The number of hydrogen-bond acceptors (Lipinski definition) is 5. The van der Waals surface area contributed by atoms with Gasteiger partial charge in [0.15, 0.2) is 0 Å². The fourth-order valence-corrected chi connectivity index (χ4v) is 3.19. The number of allylic oxidation sites excluding steroid dienone is 1. The number of nitrogens with one attached hydrogen (secondary N) is 1. The minimum atomic E-state index is -4.62. The summed E-state index contributed by atoms with van der Waals surface area (Å²) in [5, 5.41) is 6.94. The summed E-state index contributed by atoms with van der Waals surface area (Å²) in [7, 11) is 2.92. The number of halogens is 3. The van der Waals surface area contributed by atoms with Crippen LogP contribution in [0.15, 0.2) is 72.0 Å². The second kappa shape index (κ2) is 10.8. The van der Waals surface area contributed by atoms with Gasteiger partial charge in [-0.05, 0) is 43.3 Å². The summed E-state index contributed by atoms with van der Waals surface area (Å²) in [4.78, 5) is 20.4. The molecule has 2 heterocycles. The van der Waals surface area contributed by atoms with Crippen molar-refractivity contribution < 1.29 is 22.7 Å². The molecule has 0 bridgehead atoms. The number of ether oxygens (including phenoxy) is 1. The van der Waals surface area contributed by atoms with Crippen LogP contribution in [0, 0.1) is 0 Å². The molecule has 0 fully saturated rings. The molecule has 34 heavy (non-hydrogen) atoms. The molecule has 0 saturated carbocycles. The van der Waals surface area contributed by atoms with Crippen LogP contribution in [0.5, 0.6) is 5.75 Å². The zero-order chi connectivity index (χ0) is 24.7. The number of benzene rings is 1. The Balaban J connectivity index is 1.73. The molecule has 178 valence electrons. The number of rotatable bonds is 7. The summed E-state index contributed by atoms with van der Waals surface area (Å²) in [6, 6.07) is 10.6. The number of methoxy groups -OCH3 is 1. The number of carbonyl (C=O) groups is 1. The highest BCUT2D eigenvalue weighted by Gasteiger charge is 2.37. The molecule has 1 N–H and O–H groups in total. The van der Waals surface area contributed by atoms with E-state index >= 15 is 0 Å². The van der Waals surface area contributed by atoms with Gasteiger partial charge in [-0.3, -0.25) is 14.8 Å². The molecule has 1 unspecified atom stereocenters. The van der Waals surface area contributed by atoms with Gasteiger partial charge < -0.3 is 10.1 Å². The summed E-state index contributed by atoms with van der Waals surface area (Å²) in [5.74, 6) is 0.364. The third-order valence-electron chi connectivity index (χ3n) is 4.88. The number of aliphatic imine (C=N–C) groups is 1. The highest BCUT2D eigenvalue weighted by molar-refractivity contribution is 5.94. The molecule has 0 aliphatic carbocycles. The molecule has 7 nitrogen and oxygen atoms in total. The Bertz CT molecular complexity index is 1190. The molecule has 0 saturated heterocycles. The molecule has 1 amide bonds. The van der Waals surface area contributed by atoms with Gasteiger partial charge in [-0.15, -0.1) is 0 Å². The van der Waals surface area contributed by atoms with Crippen LogP contribution in [0.1, 0.15) is 29.4 Å². The van der Waals surface area contributed by atoms with Gasteiger partial charge in [0.2, 0.25) is 0 Å². The highest BCUT2D eigenvalue weighted by atomic mass is 19.4. The predicted molar refractivity (Wildman–Crippen MR) is 123 cm³/mol. The quantitative estimate of drug-likeness (QED) is 0.310. The van der Waals surface area contributed by atoms with Gasteiger partial charge >= 0.3 is 6.18 Å². The van der Waals surface area contributed by atoms with E-state index in [2.05, 4.69) is 20.4 Å². The Hall–Kier alpha value is -3.95. The van der Waals surface area contributed by atoms with E-state index < -0.39 is 11.9 Å². The van der Waals surface area contributed by atoms with Crippen LogP contribution in [0.4, 0.5) is 13.2 Å². The van der Waals surface area contributed by atoms with E-state index in [1.54, 1.807) is 55.5 Å². The van der Waals surface area contributed by atoms with Crippen LogP contribution in [-0.2, 0) is 6.18 Å². The maximum atomic E-state index is 13.7. The standard InChI is InChI=1S/C24H24F3N5O2/c1-16(30-23(33)17-8-5-10-19(13-17)34-3)7-4-11-22(28-2)32-21(24(25,26)27)14-20(31-32)18-9-6-12-29-15-18/h4-10,12-16H,11H2,1-3H3,(H,30,33)/b7-4-,28-22?. The predicted octanol–water partition coefficient (Wildman–Crippen LogP) is 4.61. The first kappa shape index (κ1) is 24.7. The van der Waals surface area contributed by atoms with Crippen molar-refractivity contribution in [3.05, 3.63) is 78.3 Å². The first-order valence-electron chi connectivity index (χ1n) is 10.4. The smallest absolute Gasteiger partial charge is 0.433 e. The lowest BCUT2D eigenvalue weighted by molar-refractivity contribution is -0.142. The first-order valence-corrected chi connectivity index (χ1v) is 10.4. The van der Waals surface area contributed by atoms with Crippen molar-refractivity contribution in [2.75, 3.05) is 14.2 Å². The van der Waals surface area contributed by atoms with Crippen molar-refractivity contribution in [2.24, 2.45) is 4.99 Å². The van der Waals surface area contributed by atoms with E-state index in [1.165, 1.54) is 26.6 Å². The maximum absolute atomic E-state index is 13.7. The molecule has 0 aliphatic rings. The molecule has 0 aliphatic heterocycles. The Kier molecular flexibility index (Phi) is 7.83. The molecule has 0 spiro atoms. The highest BCUT2D eigenvalue weighted by Crippen LogP contribution is 2.32. The Labute approximate surface area is 195 Å². The van der Waals surface area contributed by atoms with Crippen molar-refractivity contribution in [3.63, 3.8) is 0 Å². The lowest BCUT2D eigenvalue weighted by atomic mass is 10.2. The molecule has 2 aromatic heterocycles. The lowest BCUT2D eigenvalue weighted by Gasteiger charge is -2.12. The van der Waals surface area contributed by atoms with E-state index in [4.69, 9.17) is 4.74 Å². The van der Waals surface area contributed by atoms with Crippen LogP contribution in [0.2, 0.25) is 0 Å². The van der Waals surface area contributed by atoms with Gasteiger partial charge in [0.25, 0.3) is 5.91 Å². The van der Waals surface area contributed by atoms with Crippen LogP contribution in [0.3, 0.4) is 0 Å². The maximum Gasteiger partial charge on any atom is 0.433 e. The molecule has 3 aromatic rings. The topological polar surface area (TPSA) is 81.4 Å². The minimum absolute atomic E-state index is 0.0765. The summed E-state index contributed by atoms with van der Waals surface area (Å²) >= 11 is 0. The summed E-state index contributed by atoms with van der Waals surface area (Å²) < 4.78 is 46.9. The SMILES string of the molecule is CN=C(C/C=C\C(C)NC(=O)c1cccc(OC)c1)n1nc(-c2cccnc2)cc1C(F)(F)F. The van der Waals surface area contributed by atoms with E-state index in [0.29, 0.717) is 16.9 Å². The van der Waals surface area contributed by atoms with E-state index in [1.807, 2.05) is 0 Å². The first-order chi connectivity index (χ1) is 16.2. The van der Waals surface area contributed by atoms with Gasteiger partial charge in [-0.2, -0.15) is 18.3 Å². The minimum Gasteiger partial charge on any atom is -0.497 e. The molecule has 1 atom stereocenters. The molecule has 0 radical (unpaired) electrons. The average molecular weight is 471 g/mol. The number of nitrogens with zero attached hydrogens (tertiary/aromatic N) is 4. The Morgan fingerprint density at radius 2 is 2.06 bits per heavy atom. The van der Waals surface area contributed by atoms with Crippen molar-refractivity contribution in [2.45, 2.75) is 25.6 Å². The number of alkyl halides is 3. The molecule has 3 rings (SSSR count). The normalized spacial score (nSPS) is 13.2. The van der Waals surface area contributed by atoms with Gasteiger partial charge in [-0.25, -0.2) is 4.68 Å². The third-order valence-corrected chi connectivity index (χ3v) is 4.88. The lowest BCUT2D eigenvalue weighted by Crippen LogP contribution is -2.31. The van der Waals surface area contributed by atoms with Crippen LogP contribution in [0.25, 0.3) is 11.3 Å². The van der Waals surface area contributed by atoms with Gasteiger partial charge in [0.1, 0.15) is 17.3 Å². The van der Waals surface area contributed by atoms with Crippen molar-refractivity contribution >= 4 is 11.7 Å².